The van der Waals surface area contributed by atoms with Crippen LogP contribution in [0.5, 0.6) is 11.5 Å². The highest BCUT2D eigenvalue weighted by Gasteiger charge is 2.17. The van der Waals surface area contributed by atoms with Crippen LogP contribution >= 0.6 is 11.3 Å². The zero-order valence-electron chi connectivity index (χ0n) is 15.7. The number of carbonyl (C=O) groups excluding carboxylic acids is 2. The van der Waals surface area contributed by atoms with E-state index in [1.54, 1.807) is 23.6 Å². The van der Waals surface area contributed by atoms with Gasteiger partial charge in [0.15, 0.2) is 16.6 Å². The number of nitrogens with zero attached hydrogens (tertiary/aromatic N) is 1. The van der Waals surface area contributed by atoms with Crippen molar-refractivity contribution in [3.05, 3.63) is 64.7 Å². The number of carbonyl (C=O) groups is 2. The van der Waals surface area contributed by atoms with Crippen LogP contribution in [0.25, 0.3) is 0 Å². The van der Waals surface area contributed by atoms with Crippen molar-refractivity contribution in [3.8, 4) is 11.5 Å². The van der Waals surface area contributed by atoms with Crippen molar-refractivity contribution in [3.63, 3.8) is 0 Å². The van der Waals surface area contributed by atoms with E-state index in [0.29, 0.717) is 27.9 Å². The Balaban J connectivity index is 1.34. The molecule has 3 aromatic rings. The normalized spacial score (nSPS) is 11.9. The number of amides is 2. The fraction of sp³-hybridized carbons (Fsp3) is 0.190. The fourth-order valence-corrected chi connectivity index (χ4v) is 3.55. The molecule has 0 atom stereocenters. The highest BCUT2D eigenvalue weighted by Crippen LogP contribution is 2.32. The molecule has 0 radical (unpaired) electrons. The molecular formula is C21H19N3O4S. The molecule has 29 heavy (non-hydrogen) atoms. The van der Waals surface area contributed by atoms with Gasteiger partial charge in [-0.05, 0) is 42.3 Å². The second-order valence-corrected chi connectivity index (χ2v) is 7.30. The van der Waals surface area contributed by atoms with Crippen molar-refractivity contribution in [1.82, 2.24) is 4.98 Å². The zero-order chi connectivity index (χ0) is 20.2. The van der Waals surface area contributed by atoms with Crippen molar-refractivity contribution < 1.29 is 19.1 Å². The van der Waals surface area contributed by atoms with E-state index in [1.807, 2.05) is 24.3 Å². The first-order valence-electron chi connectivity index (χ1n) is 9.15. The van der Waals surface area contributed by atoms with Crippen LogP contribution < -0.4 is 20.1 Å². The molecule has 4 rings (SSSR count). The Morgan fingerprint density at radius 3 is 2.66 bits per heavy atom. The number of hydrogen-bond donors (Lipinski definition) is 2. The largest absolute Gasteiger partial charge is 0.454 e. The molecule has 0 saturated carbocycles. The Morgan fingerprint density at radius 2 is 1.86 bits per heavy atom. The average Bonchev–Trinajstić information content (AvgIpc) is 3.37. The van der Waals surface area contributed by atoms with E-state index >= 15 is 0 Å². The minimum atomic E-state index is -0.301. The van der Waals surface area contributed by atoms with Crippen LogP contribution in [0.4, 0.5) is 10.8 Å². The smallest absolute Gasteiger partial charge is 0.257 e. The third kappa shape index (κ3) is 4.55. The molecule has 1 aliphatic rings. The Labute approximate surface area is 171 Å². The van der Waals surface area contributed by atoms with Gasteiger partial charge in [-0.25, -0.2) is 4.98 Å². The minimum Gasteiger partial charge on any atom is -0.454 e. The van der Waals surface area contributed by atoms with Crippen molar-refractivity contribution in [1.29, 1.82) is 0 Å². The van der Waals surface area contributed by atoms with Crippen LogP contribution in [0.3, 0.4) is 0 Å². The number of ether oxygens (including phenoxy) is 2. The van der Waals surface area contributed by atoms with Gasteiger partial charge in [-0.2, -0.15) is 0 Å². The lowest BCUT2D eigenvalue weighted by Crippen LogP contribution is -2.15. The summed E-state index contributed by atoms with van der Waals surface area (Å²) in [7, 11) is 0. The molecule has 1 aliphatic heterocycles. The number of hydrogen-bond acceptors (Lipinski definition) is 6. The summed E-state index contributed by atoms with van der Waals surface area (Å²) < 4.78 is 10.5. The standard InChI is InChI=1S/C21H19N3O4S/c1-2-13-3-6-15(7-4-13)22-19(25)10-16-11-29-21(23-16)24-20(26)14-5-8-17-18(9-14)28-12-27-17/h3-9,11H,2,10,12H2,1H3,(H,22,25)(H,23,24,26). The maximum absolute atomic E-state index is 12.4. The molecule has 1 aromatic heterocycles. The van der Waals surface area contributed by atoms with Gasteiger partial charge in [-0.3, -0.25) is 14.9 Å². The summed E-state index contributed by atoms with van der Waals surface area (Å²) in [5, 5.41) is 7.79. The average molecular weight is 409 g/mol. The fourth-order valence-electron chi connectivity index (χ4n) is 2.85. The maximum atomic E-state index is 12.4. The summed E-state index contributed by atoms with van der Waals surface area (Å²) in [4.78, 5) is 29.0. The molecule has 2 heterocycles. The number of aryl methyl sites for hydroxylation is 1. The second kappa shape index (κ2) is 8.32. The summed E-state index contributed by atoms with van der Waals surface area (Å²) in [5.74, 6) is 0.701. The van der Waals surface area contributed by atoms with Crippen molar-refractivity contribution in [2.24, 2.45) is 0 Å². The predicted molar refractivity (Wildman–Crippen MR) is 111 cm³/mol. The van der Waals surface area contributed by atoms with Crippen LogP contribution in [0.2, 0.25) is 0 Å². The van der Waals surface area contributed by atoms with E-state index in [4.69, 9.17) is 9.47 Å². The van der Waals surface area contributed by atoms with Gasteiger partial charge >= 0.3 is 0 Å². The zero-order valence-corrected chi connectivity index (χ0v) is 16.5. The van der Waals surface area contributed by atoms with Crippen molar-refractivity contribution in [2.75, 3.05) is 17.4 Å². The molecule has 8 heteroatoms. The molecule has 0 aliphatic carbocycles. The summed E-state index contributed by atoms with van der Waals surface area (Å²) >= 11 is 1.27. The maximum Gasteiger partial charge on any atom is 0.257 e. The summed E-state index contributed by atoms with van der Waals surface area (Å²) in [6.07, 6.45) is 1.08. The Hall–Kier alpha value is -3.39. The number of rotatable bonds is 6. The van der Waals surface area contributed by atoms with E-state index in [2.05, 4.69) is 22.5 Å². The summed E-state index contributed by atoms with van der Waals surface area (Å²) in [6, 6.07) is 12.7. The van der Waals surface area contributed by atoms with Gasteiger partial charge < -0.3 is 14.8 Å². The van der Waals surface area contributed by atoms with Crippen LogP contribution in [0.15, 0.2) is 47.8 Å². The van der Waals surface area contributed by atoms with Gasteiger partial charge in [0, 0.05) is 16.6 Å². The minimum absolute atomic E-state index is 0.131. The molecule has 0 bridgehead atoms. The van der Waals surface area contributed by atoms with Crippen LogP contribution in [0.1, 0.15) is 28.5 Å². The lowest BCUT2D eigenvalue weighted by Gasteiger charge is -2.05. The lowest BCUT2D eigenvalue weighted by molar-refractivity contribution is -0.115. The molecular weight excluding hydrogens is 390 g/mol. The molecule has 0 fully saturated rings. The molecule has 148 valence electrons. The second-order valence-electron chi connectivity index (χ2n) is 6.44. The van der Waals surface area contributed by atoms with E-state index in [1.165, 1.54) is 16.9 Å². The topological polar surface area (TPSA) is 89.6 Å². The monoisotopic (exact) mass is 409 g/mol. The third-order valence-corrected chi connectivity index (χ3v) is 5.20. The first-order chi connectivity index (χ1) is 14.1. The van der Waals surface area contributed by atoms with Crippen molar-refractivity contribution >= 4 is 34.0 Å². The van der Waals surface area contributed by atoms with Gasteiger partial charge in [0.25, 0.3) is 5.91 Å². The number of benzene rings is 2. The number of thiazole rings is 1. The highest BCUT2D eigenvalue weighted by atomic mass is 32.1. The van der Waals surface area contributed by atoms with E-state index in [-0.39, 0.29) is 25.0 Å². The Morgan fingerprint density at radius 1 is 1.07 bits per heavy atom. The van der Waals surface area contributed by atoms with E-state index in [0.717, 1.165) is 12.1 Å². The summed E-state index contributed by atoms with van der Waals surface area (Å²) in [5.41, 5.74) is 3.00. The molecule has 0 saturated heterocycles. The summed E-state index contributed by atoms with van der Waals surface area (Å²) in [6.45, 7) is 2.24. The Bertz CT molecular complexity index is 1050. The van der Waals surface area contributed by atoms with Crippen LogP contribution in [0, 0.1) is 0 Å². The Kier molecular flexibility index (Phi) is 5.44. The van der Waals surface area contributed by atoms with Gasteiger partial charge in [0.05, 0.1) is 12.1 Å². The molecule has 0 spiro atoms. The lowest BCUT2D eigenvalue weighted by atomic mass is 10.1. The van der Waals surface area contributed by atoms with Crippen molar-refractivity contribution in [2.45, 2.75) is 19.8 Å². The van der Waals surface area contributed by atoms with Gasteiger partial charge in [0.1, 0.15) is 0 Å². The molecule has 7 nitrogen and oxygen atoms in total. The molecule has 2 amide bonds. The first-order valence-corrected chi connectivity index (χ1v) is 10.0. The third-order valence-electron chi connectivity index (χ3n) is 4.39. The molecule has 2 N–H and O–H groups in total. The van der Waals surface area contributed by atoms with Crippen LogP contribution in [-0.4, -0.2) is 23.6 Å². The van der Waals surface area contributed by atoms with Crippen LogP contribution in [-0.2, 0) is 17.6 Å². The van der Waals surface area contributed by atoms with E-state index < -0.39 is 0 Å². The van der Waals surface area contributed by atoms with E-state index in [9.17, 15) is 9.59 Å². The SMILES string of the molecule is CCc1ccc(NC(=O)Cc2csc(NC(=O)c3ccc4c(c3)OCO4)n2)cc1. The van der Waals surface area contributed by atoms with Gasteiger partial charge in [-0.15, -0.1) is 11.3 Å². The predicted octanol–water partition coefficient (Wildman–Crippen LogP) is 3.87. The molecule has 2 aromatic carbocycles. The number of nitrogens with one attached hydrogen (secondary N) is 2. The van der Waals surface area contributed by atoms with Gasteiger partial charge in [-0.1, -0.05) is 19.1 Å². The quantitative estimate of drug-likeness (QED) is 0.645. The molecule has 0 unspecified atom stereocenters. The highest BCUT2D eigenvalue weighted by molar-refractivity contribution is 7.14. The number of anilines is 2. The number of aromatic nitrogens is 1. The first kappa shape index (κ1) is 18.9. The van der Waals surface area contributed by atoms with Gasteiger partial charge in [0.2, 0.25) is 12.7 Å². The number of fused-ring (bicyclic) bond motifs is 1.